The number of carbonyl (C=O) groups is 1. The number of rotatable bonds is 23. The van der Waals surface area contributed by atoms with E-state index in [0.29, 0.717) is 98.3 Å². The number of aryl methyl sites for hydroxylation is 3. The summed E-state index contributed by atoms with van der Waals surface area (Å²) in [5, 5.41) is 44.2. The summed E-state index contributed by atoms with van der Waals surface area (Å²) < 4.78 is 44.8. The zero-order valence-corrected chi connectivity index (χ0v) is 77.7. The van der Waals surface area contributed by atoms with Gasteiger partial charge in [0.15, 0.2) is 17.5 Å². The molecule has 5 atom stereocenters. The number of phenols is 4. The van der Waals surface area contributed by atoms with E-state index in [1.54, 1.807) is 18.2 Å². The number of hydrogen-bond donors (Lipinski definition) is 4. The van der Waals surface area contributed by atoms with E-state index < -0.39 is 0 Å². The van der Waals surface area contributed by atoms with Crippen LogP contribution in [0.15, 0.2) is 140 Å². The van der Waals surface area contributed by atoms with Gasteiger partial charge in [-0.25, -0.2) is 15.0 Å². The minimum absolute atomic E-state index is 0.0154. The van der Waals surface area contributed by atoms with Crippen LogP contribution in [-0.2, 0) is 97.5 Å². The number of ether oxygens (including phenoxy) is 8. The van der Waals surface area contributed by atoms with E-state index in [1.807, 2.05) is 72.8 Å². The van der Waals surface area contributed by atoms with Gasteiger partial charge in [-0.15, -0.1) is 0 Å². The maximum atomic E-state index is 11.9. The van der Waals surface area contributed by atoms with Gasteiger partial charge in [0.05, 0.1) is 32.0 Å². The quantitative estimate of drug-likeness (QED) is 0.0345. The van der Waals surface area contributed by atoms with E-state index >= 15 is 0 Å². The first-order valence-corrected chi connectivity index (χ1v) is 43.5. The monoisotopic (exact) mass is 1650 g/mol. The van der Waals surface area contributed by atoms with Gasteiger partial charge < -0.3 is 58.3 Å². The summed E-state index contributed by atoms with van der Waals surface area (Å²) >= 11 is 0. The lowest BCUT2D eigenvalue weighted by Crippen LogP contribution is -2.21. The molecule has 4 saturated heterocycles. The second-order valence-electron chi connectivity index (χ2n) is 41.5. The molecule has 652 valence electrons. The normalized spacial score (nSPS) is 16.7. The average Bonchev–Trinajstić information content (AvgIpc) is 1.03. The molecule has 121 heavy (non-hydrogen) atoms. The molecular weight excluding hydrogens is 1510 g/mol. The van der Waals surface area contributed by atoms with Crippen LogP contribution in [0.3, 0.4) is 0 Å². The summed E-state index contributed by atoms with van der Waals surface area (Å²) in [7, 11) is 0. The minimum atomic E-state index is -0.201. The second-order valence-corrected chi connectivity index (χ2v) is 41.5. The Bertz CT molecular complexity index is 4940. The lowest BCUT2D eigenvalue weighted by Gasteiger charge is -2.32. The lowest BCUT2D eigenvalue weighted by atomic mass is 9.74. The number of aromatic hydroxyl groups is 4. The Morgan fingerprint density at radius 3 is 1.21 bits per heavy atom. The van der Waals surface area contributed by atoms with E-state index in [-0.39, 0.29) is 85.4 Å². The first kappa shape index (κ1) is 93.9. The summed E-state index contributed by atoms with van der Waals surface area (Å²) in [4.78, 5) is 25.8. The van der Waals surface area contributed by atoms with Gasteiger partial charge in [0.2, 0.25) is 0 Å². The zero-order chi connectivity index (χ0) is 88.9. The van der Waals surface area contributed by atoms with E-state index in [9.17, 15) is 25.2 Å². The number of hydrogen-bond acceptors (Lipinski definition) is 16. The van der Waals surface area contributed by atoms with Crippen LogP contribution in [0.25, 0.3) is 34.2 Å². The third-order valence-electron chi connectivity index (χ3n) is 22.4. The van der Waals surface area contributed by atoms with Crippen LogP contribution in [0.5, 0.6) is 40.2 Å². The van der Waals surface area contributed by atoms with Crippen LogP contribution < -0.4 is 14.2 Å². The Balaban J connectivity index is 0.000000171. The molecule has 16 heteroatoms. The molecule has 0 radical (unpaired) electrons. The number of phenolic OH excluding ortho intramolecular Hbond substituents is 4. The van der Waals surface area contributed by atoms with Crippen molar-refractivity contribution in [1.29, 1.82) is 0 Å². The zero-order valence-electron chi connectivity index (χ0n) is 77.7. The molecule has 4 N–H and O–H groups in total. The summed E-state index contributed by atoms with van der Waals surface area (Å²) in [6.45, 7) is 63.9. The largest absolute Gasteiger partial charge is 0.507 e. The van der Waals surface area contributed by atoms with Crippen molar-refractivity contribution >= 4 is 5.97 Å². The molecule has 0 saturated carbocycles. The van der Waals surface area contributed by atoms with Crippen LogP contribution in [0, 0.1) is 0 Å². The number of aromatic nitrogens is 3. The topological polar surface area (TPSA) is 224 Å². The Morgan fingerprint density at radius 1 is 0.397 bits per heavy atom. The predicted octanol–water partition coefficient (Wildman–Crippen LogP) is 23.2. The van der Waals surface area contributed by atoms with Gasteiger partial charge in [-0.2, -0.15) is 0 Å². The summed E-state index contributed by atoms with van der Waals surface area (Å²) in [5.41, 5.74) is 18.1. The van der Waals surface area contributed by atoms with Gasteiger partial charge in [-0.3, -0.25) is 4.79 Å². The molecule has 0 aliphatic carbocycles. The molecular formula is C105H139N3O13. The Hall–Kier alpha value is -9.32. The van der Waals surface area contributed by atoms with E-state index in [1.165, 1.54) is 33.4 Å². The van der Waals surface area contributed by atoms with E-state index in [2.05, 4.69) is 250 Å². The number of carbonyl (C=O) groups excluding carboxylic acids is 1. The molecule has 4 aliphatic rings. The highest BCUT2D eigenvalue weighted by Crippen LogP contribution is 2.49. The molecule has 5 heterocycles. The van der Waals surface area contributed by atoms with Gasteiger partial charge in [0, 0.05) is 58.2 Å². The third-order valence-corrected chi connectivity index (χ3v) is 22.4. The SMILES string of the molecule is CC(C)(C)c1cc(CCC(=O)OCC2CO2)cc(C(C)(C)C)c1O.CC(c1cc(C(C)(C)C)cc(C(C)(C)C)c1O)c1cc(C(C)(C)C)cc(C(C)(C)C)c1OCC1CO1.CCc1cc(Cc2cc(CC)cc(C(C)(C)C)c2OCC2CO2)c(O)c(C(C)(C)C)c1.Oc1cc(OCC2CO2)ccc1-c1nc(-c2ccccc2)nc(-c2ccccc2)n1. The number of epoxide rings is 4. The standard InChI is InChI=1S/C33H50O3.C28H40O3.C24H19N3O3.C20H30O4/c1-20(24-14-21(30(2,3)4)16-26(28(24)34)32(8,9)10)25-15-22(31(5,6)7)17-27(33(11,12)13)29(25)36-19-23-18-35-23;1-9-18-11-20(25(29)23(13-18)27(3,4)5)15-21-12-19(10-2)14-24(28(6,7)8)26(21)31-17-22-16-30-22;28-21-13-18(29-14-19-15-30-19)11-12-20(21)24-26-22(16-7-3-1-4-8-16)25-23(27-24)17-9-5-2-6-10-17;1-19(2,3)15-9-13(10-16(18(15)22)20(4,5)6)7-8-17(21)24-12-14-11-23-14/h14-17,20,23,34H,18-19H2,1-13H3;11-14,22,29H,9-10,15-17H2,1-8H3;1-13,19,28H,14-15H2;9-10,14,22H,7-8,11-12H2,1-6H3. The fourth-order valence-electron chi connectivity index (χ4n) is 14.4. The van der Waals surface area contributed by atoms with Gasteiger partial charge in [-0.05, 0) is 136 Å². The molecule has 13 rings (SSSR count). The highest BCUT2D eigenvalue weighted by atomic mass is 16.6. The molecule has 4 aliphatic heterocycles. The van der Waals surface area contributed by atoms with Gasteiger partial charge >= 0.3 is 5.97 Å². The maximum absolute atomic E-state index is 11.9. The molecule has 0 spiro atoms. The molecule has 4 fully saturated rings. The Morgan fingerprint density at radius 2 is 0.777 bits per heavy atom. The van der Waals surface area contributed by atoms with Gasteiger partial charge in [0.25, 0.3) is 0 Å². The summed E-state index contributed by atoms with van der Waals surface area (Å²) in [6.07, 6.45) is 4.14. The lowest BCUT2D eigenvalue weighted by molar-refractivity contribution is -0.144. The van der Waals surface area contributed by atoms with Crippen molar-refractivity contribution in [2.24, 2.45) is 0 Å². The Labute approximate surface area is 722 Å². The van der Waals surface area contributed by atoms with Crippen LogP contribution >= 0.6 is 0 Å². The van der Waals surface area contributed by atoms with Crippen molar-refractivity contribution in [2.75, 3.05) is 52.9 Å². The maximum Gasteiger partial charge on any atom is 0.306 e. The highest BCUT2D eigenvalue weighted by Gasteiger charge is 2.36. The second kappa shape index (κ2) is 37.8. The number of esters is 1. The number of nitrogens with zero attached hydrogens (tertiary/aromatic N) is 3. The molecule has 9 aromatic rings. The van der Waals surface area contributed by atoms with Crippen molar-refractivity contribution in [3.8, 4) is 74.4 Å². The molecule has 5 unspecified atom stereocenters. The molecule has 8 aromatic carbocycles. The van der Waals surface area contributed by atoms with Crippen LogP contribution in [0.2, 0.25) is 0 Å². The highest BCUT2D eigenvalue weighted by molar-refractivity contribution is 5.72. The average molecular weight is 1650 g/mol. The van der Waals surface area contributed by atoms with Crippen LogP contribution in [-0.4, -0.2) is 119 Å². The van der Waals surface area contributed by atoms with Gasteiger partial charge in [-0.1, -0.05) is 308 Å². The van der Waals surface area contributed by atoms with Crippen molar-refractivity contribution < 1.29 is 63.1 Å². The summed E-state index contributed by atoms with van der Waals surface area (Å²) in [5.74, 6) is 4.95. The fraction of sp³-hybridized carbons (Fsp3) is 0.505. The molecule has 0 bridgehead atoms. The first-order chi connectivity index (χ1) is 56.4. The van der Waals surface area contributed by atoms with E-state index in [4.69, 9.17) is 37.9 Å². The van der Waals surface area contributed by atoms with Crippen molar-refractivity contribution in [1.82, 2.24) is 15.0 Å². The van der Waals surface area contributed by atoms with Crippen LogP contribution in [0.4, 0.5) is 0 Å². The first-order valence-electron chi connectivity index (χ1n) is 43.5. The predicted molar refractivity (Wildman–Crippen MR) is 488 cm³/mol. The number of benzene rings is 8. The van der Waals surface area contributed by atoms with Crippen molar-refractivity contribution in [3.05, 3.63) is 223 Å². The third kappa shape index (κ3) is 25.9. The minimum Gasteiger partial charge on any atom is -0.507 e. The Kier molecular flexibility index (Phi) is 29.3. The van der Waals surface area contributed by atoms with Gasteiger partial charge in [0.1, 0.15) is 91.1 Å². The van der Waals surface area contributed by atoms with Crippen molar-refractivity contribution in [2.45, 2.75) is 293 Å². The van der Waals surface area contributed by atoms with E-state index in [0.717, 1.165) is 105 Å². The van der Waals surface area contributed by atoms with Crippen molar-refractivity contribution in [3.63, 3.8) is 0 Å². The fourth-order valence-corrected chi connectivity index (χ4v) is 14.4. The smallest absolute Gasteiger partial charge is 0.306 e. The van der Waals surface area contributed by atoms with Crippen LogP contribution in [0.1, 0.15) is 283 Å². The molecule has 1 aromatic heterocycles. The molecule has 0 amide bonds. The summed E-state index contributed by atoms with van der Waals surface area (Å²) in [6, 6.07) is 46.5. The molecule has 16 nitrogen and oxygen atoms in total.